The van der Waals surface area contributed by atoms with Gasteiger partial charge in [-0.25, -0.2) is 0 Å². The van der Waals surface area contributed by atoms with Crippen molar-refractivity contribution in [2.24, 2.45) is 0 Å². The molecule has 0 unspecified atom stereocenters. The largest absolute Gasteiger partial charge is 0.374 e. The van der Waals surface area contributed by atoms with Crippen LogP contribution in [0.4, 0.5) is 0 Å². The van der Waals surface area contributed by atoms with Crippen molar-refractivity contribution in [2.45, 2.75) is 44.8 Å². The van der Waals surface area contributed by atoms with Crippen molar-refractivity contribution >= 4 is 5.91 Å². The number of nitrogens with zero attached hydrogens (tertiary/aromatic N) is 3. The first-order chi connectivity index (χ1) is 11.8. The molecule has 1 fully saturated rings. The van der Waals surface area contributed by atoms with Crippen molar-refractivity contribution in [1.29, 1.82) is 0 Å². The van der Waals surface area contributed by atoms with Crippen molar-refractivity contribution in [2.75, 3.05) is 32.8 Å². The molecule has 6 heteroatoms. The highest BCUT2D eigenvalue weighted by atomic mass is 16.5. The zero-order valence-corrected chi connectivity index (χ0v) is 14.3. The van der Waals surface area contributed by atoms with Gasteiger partial charge in [-0.3, -0.25) is 14.4 Å². The normalized spacial score (nSPS) is 22.2. The fourth-order valence-electron chi connectivity index (χ4n) is 3.40. The number of morpholine rings is 1. The SMILES string of the molecule is O=C(CN1CCO[C@H](Cn2cccn2)C1)NCCC1=CCCCC1. The van der Waals surface area contributed by atoms with E-state index in [0.717, 1.165) is 32.6 Å². The van der Waals surface area contributed by atoms with Gasteiger partial charge in [-0.05, 0) is 38.2 Å². The maximum atomic E-state index is 12.1. The van der Waals surface area contributed by atoms with Gasteiger partial charge in [-0.15, -0.1) is 0 Å². The molecule has 0 saturated carbocycles. The van der Waals surface area contributed by atoms with Crippen LogP contribution in [0.15, 0.2) is 30.1 Å². The molecule has 1 N–H and O–H groups in total. The second kappa shape index (κ2) is 8.99. The third-order valence-electron chi connectivity index (χ3n) is 4.69. The van der Waals surface area contributed by atoms with Crippen LogP contribution in [0.5, 0.6) is 0 Å². The fourth-order valence-corrected chi connectivity index (χ4v) is 3.40. The standard InChI is InChI=1S/C18H28N4O2/c23-18(19-9-7-16-5-2-1-3-6-16)15-21-11-12-24-17(13-21)14-22-10-4-8-20-22/h4-5,8,10,17H,1-3,6-7,9,11-15H2,(H,19,23)/t17-/m0/s1. The molecule has 1 atom stereocenters. The Bertz CT molecular complexity index is 541. The number of rotatable bonds is 7. The highest BCUT2D eigenvalue weighted by Crippen LogP contribution is 2.19. The zero-order valence-electron chi connectivity index (χ0n) is 14.3. The molecule has 132 valence electrons. The third kappa shape index (κ3) is 5.46. The number of hydrogen-bond donors (Lipinski definition) is 1. The molecule has 6 nitrogen and oxygen atoms in total. The Morgan fingerprint density at radius 1 is 1.42 bits per heavy atom. The summed E-state index contributed by atoms with van der Waals surface area (Å²) >= 11 is 0. The lowest BCUT2D eigenvalue weighted by molar-refractivity contribution is -0.124. The molecule has 1 aliphatic carbocycles. The van der Waals surface area contributed by atoms with E-state index < -0.39 is 0 Å². The molecular formula is C18H28N4O2. The van der Waals surface area contributed by atoms with Crippen LogP contribution in [-0.4, -0.2) is 59.5 Å². The molecule has 0 radical (unpaired) electrons. The molecule has 1 saturated heterocycles. The van der Waals surface area contributed by atoms with Gasteiger partial charge >= 0.3 is 0 Å². The van der Waals surface area contributed by atoms with E-state index >= 15 is 0 Å². The lowest BCUT2D eigenvalue weighted by Crippen LogP contribution is -2.48. The lowest BCUT2D eigenvalue weighted by atomic mass is 9.97. The summed E-state index contributed by atoms with van der Waals surface area (Å²) in [6.07, 6.45) is 12.2. The van der Waals surface area contributed by atoms with Crippen LogP contribution >= 0.6 is 0 Å². The van der Waals surface area contributed by atoms with Gasteiger partial charge < -0.3 is 10.1 Å². The summed E-state index contributed by atoms with van der Waals surface area (Å²) in [5.41, 5.74) is 1.51. The van der Waals surface area contributed by atoms with E-state index in [1.165, 1.54) is 31.3 Å². The van der Waals surface area contributed by atoms with Crippen LogP contribution in [0.25, 0.3) is 0 Å². The lowest BCUT2D eigenvalue weighted by Gasteiger charge is -2.32. The molecule has 2 heterocycles. The molecule has 3 rings (SSSR count). The maximum absolute atomic E-state index is 12.1. The van der Waals surface area contributed by atoms with Crippen LogP contribution in [0.2, 0.25) is 0 Å². The summed E-state index contributed by atoms with van der Waals surface area (Å²) in [6.45, 7) is 4.21. The molecule has 1 aromatic heterocycles. The zero-order chi connectivity index (χ0) is 16.6. The van der Waals surface area contributed by atoms with E-state index in [9.17, 15) is 4.79 Å². The van der Waals surface area contributed by atoms with Crippen molar-refractivity contribution < 1.29 is 9.53 Å². The predicted octanol–water partition coefficient (Wildman–Crippen LogP) is 1.59. The van der Waals surface area contributed by atoms with E-state index in [-0.39, 0.29) is 12.0 Å². The first-order valence-corrected chi connectivity index (χ1v) is 9.05. The minimum absolute atomic E-state index is 0.0962. The smallest absolute Gasteiger partial charge is 0.234 e. The molecule has 0 bridgehead atoms. The number of hydrogen-bond acceptors (Lipinski definition) is 4. The highest BCUT2D eigenvalue weighted by Gasteiger charge is 2.22. The van der Waals surface area contributed by atoms with Crippen LogP contribution in [-0.2, 0) is 16.1 Å². The quantitative estimate of drug-likeness (QED) is 0.771. The topological polar surface area (TPSA) is 59.4 Å². The minimum Gasteiger partial charge on any atom is -0.374 e. The molecule has 1 aliphatic heterocycles. The Hall–Kier alpha value is -1.66. The average Bonchev–Trinajstić information content (AvgIpc) is 3.09. The number of allylic oxidation sites excluding steroid dienone is 1. The first kappa shape index (κ1) is 17.2. The van der Waals surface area contributed by atoms with Crippen molar-refractivity contribution in [1.82, 2.24) is 20.0 Å². The van der Waals surface area contributed by atoms with Crippen LogP contribution in [0, 0.1) is 0 Å². The Balaban J connectivity index is 1.35. The van der Waals surface area contributed by atoms with Crippen LogP contribution in [0.1, 0.15) is 32.1 Å². The first-order valence-electron chi connectivity index (χ1n) is 9.05. The van der Waals surface area contributed by atoms with Gasteiger partial charge in [0.25, 0.3) is 0 Å². The number of carbonyl (C=O) groups excluding carboxylic acids is 1. The minimum atomic E-state index is 0.0962. The van der Waals surface area contributed by atoms with Gasteiger partial charge in [0.2, 0.25) is 5.91 Å². The Kier molecular flexibility index (Phi) is 6.43. The number of ether oxygens (including phenoxy) is 1. The molecule has 1 amide bonds. The van der Waals surface area contributed by atoms with E-state index in [0.29, 0.717) is 13.2 Å². The Morgan fingerprint density at radius 2 is 2.38 bits per heavy atom. The summed E-state index contributed by atoms with van der Waals surface area (Å²) in [6, 6.07) is 1.91. The maximum Gasteiger partial charge on any atom is 0.234 e. The second-order valence-electron chi connectivity index (χ2n) is 6.66. The molecule has 2 aliphatic rings. The third-order valence-corrected chi connectivity index (χ3v) is 4.69. The van der Waals surface area contributed by atoms with Crippen LogP contribution in [0.3, 0.4) is 0 Å². The van der Waals surface area contributed by atoms with E-state index in [4.69, 9.17) is 4.74 Å². The Morgan fingerprint density at radius 3 is 3.17 bits per heavy atom. The summed E-state index contributed by atoms with van der Waals surface area (Å²) < 4.78 is 7.66. The number of aromatic nitrogens is 2. The van der Waals surface area contributed by atoms with Gasteiger partial charge in [0.1, 0.15) is 0 Å². The predicted molar refractivity (Wildman–Crippen MR) is 92.6 cm³/mol. The van der Waals surface area contributed by atoms with Crippen LogP contribution < -0.4 is 5.32 Å². The van der Waals surface area contributed by atoms with Crippen molar-refractivity contribution in [3.63, 3.8) is 0 Å². The van der Waals surface area contributed by atoms with E-state index in [1.807, 2.05) is 16.9 Å². The van der Waals surface area contributed by atoms with Gasteiger partial charge in [-0.2, -0.15) is 5.10 Å². The fraction of sp³-hybridized carbons (Fsp3) is 0.667. The summed E-state index contributed by atoms with van der Waals surface area (Å²) in [5, 5.41) is 7.27. The molecule has 1 aromatic rings. The number of carbonyl (C=O) groups is 1. The highest BCUT2D eigenvalue weighted by molar-refractivity contribution is 5.78. The average molecular weight is 332 g/mol. The monoisotopic (exact) mass is 332 g/mol. The Labute approximate surface area is 143 Å². The van der Waals surface area contributed by atoms with E-state index in [1.54, 1.807) is 6.20 Å². The van der Waals surface area contributed by atoms with Gasteiger partial charge in [0, 0.05) is 32.0 Å². The molecule has 0 spiro atoms. The summed E-state index contributed by atoms with van der Waals surface area (Å²) in [7, 11) is 0. The number of amides is 1. The molecular weight excluding hydrogens is 304 g/mol. The summed E-state index contributed by atoms with van der Waals surface area (Å²) in [4.78, 5) is 14.3. The van der Waals surface area contributed by atoms with Gasteiger partial charge in [-0.1, -0.05) is 11.6 Å². The van der Waals surface area contributed by atoms with Crippen molar-refractivity contribution in [3.8, 4) is 0 Å². The van der Waals surface area contributed by atoms with Gasteiger partial charge in [0.15, 0.2) is 0 Å². The molecule has 0 aromatic carbocycles. The molecule has 24 heavy (non-hydrogen) atoms. The van der Waals surface area contributed by atoms with Gasteiger partial charge in [0.05, 0.1) is 25.8 Å². The second-order valence-corrected chi connectivity index (χ2v) is 6.66. The van der Waals surface area contributed by atoms with E-state index in [2.05, 4.69) is 21.4 Å². The number of nitrogens with one attached hydrogen (secondary N) is 1. The van der Waals surface area contributed by atoms with Crippen molar-refractivity contribution in [3.05, 3.63) is 30.1 Å². The summed E-state index contributed by atoms with van der Waals surface area (Å²) in [5.74, 6) is 0.117.